The third-order valence-corrected chi connectivity index (χ3v) is 6.24. The summed E-state index contributed by atoms with van der Waals surface area (Å²) in [4.78, 5) is 4.09. The number of hydrogen-bond donors (Lipinski definition) is 1. The Morgan fingerprint density at radius 2 is 2.05 bits per heavy atom. The van der Waals surface area contributed by atoms with E-state index < -0.39 is 0 Å². The molecular weight excluding hydrogens is 264 g/mol. The predicted octanol–water partition coefficient (Wildman–Crippen LogP) is 3.15. The minimum Gasteiger partial charge on any atom is -0.330 e. The van der Waals surface area contributed by atoms with Crippen molar-refractivity contribution in [3.8, 4) is 0 Å². The summed E-state index contributed by atoms with van der Waals surface area (Å²) >= 11 is 2.06. The topological polar surface area (TPSA) is 29.3 Å². The molecule has 3 atom stereocenters. The van der Waals surface area contributed by atoms with E-state index in [0.717, 1.165) is 11.8 Å². The second-order valence-electron chi connectivity index (χ2n) is 6.34. The molecule has 1 aliphatic carbocycles. The molecule has 0 bridgehead atoms. The van der Waals surface area contributed by atoms with Gasteiger partial charge in [-0.15, -0.1) is 11.8 Å². The van der Waals surface area contributed by atoms with Gasteiger partial charge in [-0.3, -0.25) is 0 Å². The third-order valence-electron chi connectivity index (χ3n) is 4.94. The van der Waals surface area contributed by atoms with Gasteiger partial charge in [0.25, 0.3) is 0 Å². The Bertz CT molecular complexity index is 423. The van der Waals surface area contributed by atoms with Crippen LogP contribution in [0.25, 0.3) is 0 Å². The van der Waals surface area contributed by atoms with Gasteiger partial charge in [-0.1, -0.05) is 31.0 Å². The maximum Gasteiger partial charge on any atom is 0.0263 e. The van der Waals surface area contributed by atoms with Crippen molar-refractivity contribution in [2.45, 2.75) is 48.3 Å². The molecule has 1 saturated carbocycles. The SMILES string of the molecule is CN(CC1Cc2ccccc2S1)C1CCCCC1CN. The van der Waals surface area contributed by atoms with E-state index in [1.165, 1.54) is 49.1 Å². The predicted molar refractivity (Wildman–Crippen MR) is 87.2 cm³/mol. The van der Waals surface area contributed by atoms with E-state index >= 15 is 0 Å². The Morgan fingerprint density at radius 1 is 1.25 bits per heavy atom. The minimum atomic E-state index is 0.707. The van der Waals surface area contributed by atoms with Gasteiger partial charge in [0.05, 0.1) is 0 Å². The average Bonchev–Trinajstić information content (AvgIpc) is 2.89. The third kappa shape index (κ3) is 3.05. The molecule has 3 unspecified atom stereocenters. The maximum atomic E-state index is 5.98. The summed E-state index contributed by atoms with van der Waals surface area (Å²) in [6.45, 7) is 2.05. The average molecular weight is 290 g/mol. The van der Waals surface area contributed by atoms with Crippen LogP contribution in [0.4, 0.5) is 0 Å². The number of nitrogens with zero attached hydrogens (tertiary/aromatic N) is 1. The first-order chi connectivity index (χ1) is 9.78. The van der Waals surface area contributed by atoms with E-state index in [4.69, 9.17) is 5.73 Å². The Morgan fingerprint density at radius 3 is 2.85 bits per heavy atom. The first-order valence-corrected chi connectivity index (χ1v) is 8.80. The number of nitrogens with two attached hydrogens (primary N) is 1. The van der Waals surface area contributed by atoms with Crippen molar-refractivity contribution in [1.29, 1.82) is 0 Å². The quantitative estimate of drug-likeness (QED) is 0.923. The molecule has 1 aromatic rings. The molecule has 1 aliphatic heterocycles. The summed E-state index contributed by atoms with van der Waals surface area (Å²) in [5.41, 5.74) is 7.51. The highest BCUT2D eigenvalue weighted by Crippen LogP contribution is 2.38. The molecule has 0 saturated heterocycles. The summed E-state index contributed by atoms with van der Waals surface area (Å²) in [6, 6.07) is 9.58. The molecule has 0 spiro atoms. The first-order valence-electron chi connectivity index (χ1n) is 7.93. The summed E-state index contributed by atoms with van der Waals surface area (Å²) in [5, 5.41) is 0.720. The molecule has 3 heteroatoms. The lowest BCUT2D eigenvalue weighted by atomic mass is 9.83. The van der Waals surface area contributed by atoms with Crippen molar-refractivity contribution in [2.75, 3.05) is 20.1 Å². The van der Waals surface area contributed by atoms with E-state index in [1.54, 1.807) is 0 Å². The first kappa shape index (κ1) is 14.4. The zero-order valence-electron chi connectivity index (χ0n) is 12.4. The van der Waals surface area contributed by atoms with Crippen molar-refractivity contribution in [2.24, 2.45) is 11.7 Å². The van der Waals surface area contributed by atoms with Crippen molar-refractivity contribution in [3.05, 3.63) is 29.8 Å². The Hall–Kier alpha value is -0.510. The van der Waals surface area contributed by atoms with Crippen LogP contribution in [0.2, 0.25) is 0 Å². The van der Waals surface area contributed by atoms with Crippen LogP contribution in [-0.2, 0) is 6.42 Å². The number of thioether (sulfide) groups is 1. The van der Waals surface area contributed by atoms with E-state index in [1.807, 2.05) is 0 Å². The number of fused-ring (bicyclic) bond motifs is 1. The molecule has 3 rings (SSSR count). The van der Waals surface area contributed by atoms with Gasteiger partial charge >= 0.3 is 0 Å². The summed E-state index contributed by atoms with van der Waals surface area (Å²) in [7, 11) is 2.31. The Kier molecular flexibility index (Phi) is 4.69. The Labute approximate surface area is 127 Å². The molecule has 0 amide bonds. The molecule has 1 aromatic carbocycles. The smallest absolute Gasteiger partial charge is 0.0263 e. The Balaban J connectivity index is 1.58. The molecule has 2 aliphatic rings. The zero-order valence-corrected chi connectivity index (χ0v) is 13.2. The summed E-state index contributed by atoms with van der Waals surface area (Å²) < 4.78 is 0. The van der Waals surface area contributed by atoms with Gasteiger partial charge in [0.2, 0.25) is 0 Å². The maximum absolute atomic E-state index is 5.98. The monoisotopic (exact) mass is 290 g/mol. The number of benzene rings is 1. The van der Waals surface area contributed by atoms with Gasteiger partial charge in [0.15, 0.2) is 0 Å². The molecule has 1 heterocycles. The normalized spacial score (nSPS) is 29.6. The van der Waals surface area contributed by atoms with Crippen LogP contribution in [0.1, 0.15) is 31.2 Å². The van der Waals surface area contributed by atoms with Gasteiger partial charge in [-0.2, -0.15) is 0 Å². The molecule has 2 N–H and O–H groups in total. The van der Waals surface area contributed by atoms with Gasteiger partial charge in [-0.05, 0) is 50.4 Å². The van der Waals surface area contributed by atoms with Crippen molar-refractivity contribution in [3.63, 3.8) is 0 Å². The van der Waals surface area contributed by atoms with Crippen LogP contribution in [0.5, 0.6) is 0 Å². The van der Waals surface area contributed by atoms with Crippen LogP contribution in [0.15, 0.2) is 29.2 Å². The summed E-state index contributed by atoms with van der Waals surface area (Å²) in [5.74, 6) is 0.711. The molecule has 0 radical (unpaired) electrons. The lowest BCUT2D eigenvalue weighted by Gasteiger charge is -2.38. The van der Waals surface area contributed by atoms with Crippen LogP contribution < -0.4 is 5.73 Å². The molecule has 110 valence electrons. The van der Waals surface area contributed by atoms with Crippen LogP contribution in [-0.4, -0.2) is 36.3 Å². The van der Waals surface area contributed by atoms with Crippen LogP contribution >= 0.6 is 11.8 Å². The van der Waals surface area contributed by atoms with Gasteiger partial charge < -0.3 is 10.6 Å². The molecule has 1 fully saturated rings. The summed E-state index contributed by atoms with van der Waals surface area (Å²) in [6.07, 6.45) is 6.64. The van der Waals surface area contributed by atoms with E-state index in [0.29, 0.717) is 12.0 Å². The molecule has 2 nitrogen and oxygen atoms in total. The minimum absolute atomic E-state index is 0.707. The van der Waals surface area contributed by atoms with E-state index in [2.05, 4.69) is 48.0 Å². The highest BCUT2D eigenvalue weighted by molar-refractivity contribution is 8.00. The van der Waals surface area contributed by atoms with Crippen molar-refractivity contribution < 1.29 is 0 Å². The number of rotatable bonds is 4. The number of hydrogen-bond acceptors (Lipinski definition) is 3. The van der Waals surface area contributed by atoms with Gasteiger partial charge in [0.1, 0.15) is 0 Å². The molecular formula is C17H26N2S. The van der Waals surface area contributed by atoms with E-state index in [9.17, 15) is 0 Å². The standard InChI is InChI=1S/C17H26N2S/c1-19(16-8-4-2-7-14(16)11-18)12-15-10-13-6-3-5-9-17(13)20-15/h3,5-6,9,14-16H,2,4,7-8,10-12,18H2,1H3. The van der Waals surface area contributed by atoms with Crippen molar-refractivity contribution in [1.82, 2.24) is 4.90 Å². The van der Waals surface area contributed by atoms with Gasteiger partial charge in [0, 0.05) is 22.7 Å². The second-order valence-corrected chi connectivity index (χ2v) is 7.68. The van der Waals surface area contributed by atoms with Crippen LogP contribution in [0.3, 0.4) is 0 Å². The molecule has 20 heavy (non-hydrogen) atoms. The lowest BCUT2D eigenvalue weighted by molar-refractivity contribution is 0.134. The largest absolute Gasteiger partial charge is 0.330 e. The van der Waals surface area contributed by atoms with Gasteiger partial charge in [-0.25, -0.2) is 0 Å². The fourth-order valence-corrected chi connectivity index (χ4v) is 5.25. The molecule has 0 aromatic heterocycles. The highest BCUT2D eigenvalue weighted by Gasteiger charge is 2.30. The lowest BCUT2D eigenvalue weighted by Crippen LogP contribution is -2.45. The fourth-order valence-electron chi connectivity index (χ4n) is 3.86. The fraction of sp³-hybridized carbons (Fsp3) is 0.647. The van der Waals surface area contributed by atoms with Crippen molar-refractivity contribution >= 4 is 11.8 Å². The van der Waals surface area contributed by atoms with E-state index in [-0.39, 0.29) is 0 Å². The second kappa shape index (κ2) is 6.50. The van der Waals surface area contributed by atoms with Crippen LogP contribution in [0, 0.1) is 5.92 Å². The zero-order chi connectivity index (χ0) is 13.9. The highest BCUT2D eigenvalue weighted by atomic mass is 32.2.